The van der Waals surface area contributed by atoms with Crippen molar-refractivity contribution in [3.05, 3.63) is 118 Å². The summed E-state index contributed by atoms with van der Waals surface area (Å²) in [5, 5.41) is 0. The van der Waals surface area contributed by atoms with E-state index in [1.807, 2.05) is 0 Å². The Bertz CT molecular complexity index is 997. The van der Waals surface area contributed by atoms with E-state index in [1.54, 1.807) is 0 Å². The van der Waals surface area contributed by atoms with Gasteiger partial charge >= 0.3 is 17.1 Å². The third kappa shape index (κ3) is 6.39. The van der Waals surface area contributed by atoms with Crippen molar-refractivity contribution in [3.8, 4) is 10.9 Å². The van der Waals surface area contributed by atoms with Crippen molar-refractivity contribution in [2.24, 2.45) is 0 Å². The molecule has 0 saturated heterocycles. The molecule has 4 aromatic rings. The van der Waals surface area contributed by atoms with Crippen LogP contribution < -0.4 is 0 Å². The minimum absolute atomic E-state index is 0. The van der Waals surface area contributed by atoms with Gasteiger partial charge in [0.15, 0.2) is 0 Å². The quantitative estimate of drug-likeness (QED) is 0.285. The second-order valence-corrected chi connectivity index (χ2v) is 8.60. The van der Waals surface area contributed by atoms with Crippen LogP contribution in [0.15, 0.2) is 84.5 Å². The van der Waals surface area contributed by atoms with Crippen LogP contribution in [0.4, 0.5) is 0 Å². The van der Waals surface area contributed by atoms with Gasteiger partial charge in [-0.05, 0) is 41.5 Å². The summed E-state index contributed by atoms with van der Waals surface area (Å²) in [6, 6.07) is 21.7. The normalized spacial score (nSPS) is 10.0. The van der Waals surface area contributed by atoms with Crippen LogP contribution in [0.3, 0.4) is 0 Å². The van der Waals surface area contributed by atoms with Gasteiger partial charge in [0, 0.05) is 0 Å². The number of benzene rings is 2. The second-order valence-electron chi connectivity index (χ2n) is 8.60. The van der Waals surface area contributed by atoms with Crippen molar-refractivity contribution in [2.45, 2.75) is 41.5 Å². The van der Waals surface area contributed by atoms with E-state index in [0.29, 0.717) is 12.7 Å². The second kappa shape index (κ2) is 11.4. The van der Waals surface area contributed by atoms with Gasteiger partial charge in [-0.25, -0.2) is 10.9 Å². The molecule has 31 heavy (non-hydrogen) atoms. The van der Waals surface area contributed by atoms with E-state index in [2.05, 4.69) is 126 Å². The largest absolute Gasteiger partial charge is 2.00 e. The molecule has 0 spiro atoms. The van der Waals surface area contributed by atoms with Crippen molar-refractivity contribution < 1.29 is 17.1 Å². The van der Waals surface area contributed by atoms with E-state index >= 15 is 0 Å². The van der Waals surface area contributed by atoms with Crippen LogP contribution in [0, 0.1) is 41.5 Å². The smallest absolute Gasteiger partial charge is 0.259 e. The molecule has 0 atom stereocenters. The standard InChI is InChI=1S/2C14H16B.Fe/c2*1-11-9-12(2)14(13(3)10-11)15-7-5-4-6-8-15;/h2*4-10H,1-3H3;/q2*-1;+2. The molecular weight excluding hydrogens is 414 g/mol. The first-order valence-corrected chi connectivity index (χ1v) is 10.9. The Labute approximate surface area is 199 Å². The van der Waals surface area contributed by atoms with E-state index in [9.17, 15) is 0 Å². The average Bonchev–Trinajstić information content (AvgIpc) is 2.69. The molecule has 0 aliphatic rings. The van der Waals surface area contributed by atoms with Crippen LogP contribution in [0.25, 0.3) is 10.9 Å². The monoisotopic (exact) mass is 446 g/mol. The molecule has 0 radical (unpaired) electrons. The summed E-state index contributed by atoms with van der Waals surface area (Å²) in [7, 11) is 0. The maximum atomic E-state index is 2.27. The number of hydrogen-bond donors (Lipinski definition) is 0. The van der Waals surface area contributed by atoms with Crippen LogP contribution in [0.2, 0.25) is 0 Å². The molecule has 3 heteroatoms. The molecule has 2 aromatic carbocycles. The van der Waals surface area contributed by atoms with Crippen molar-refractivity contribution in [2.75, 3.05) is 0 Å². The molecule has 0 N–H and O–H groups in total. The van der Waals surface area contributed by atoms with Gasteiger partial charge in [0.1, 0.15) is 0 Å². The molecule has 0 unspecified atom stereocenters. The predicted molar refractivity (Wildman–Crippen MR) is 136 cm³/mol. The minimum atomic E-state index is 0. The molecule has 0 nitrogen and oxygen atoms in total. The number of aryl methyl sites for hydroxylation is 6. The van der Waals surface area contributed by atoms with Crippen molar-refractivity contribution >= 4 is 12.7 Å². The van der Waals surface area contributed by atoms with Crippen LogP contribution in [0.5, 0.6) is 0 Å². The minimum Gasteiger partial charge on any atom is -0.259 e. The molecule has 0 aliphatic heterocycles. The van der Waals surface area contributed by atoms with Crippen molar-refractivity contribution in [1.29, 1.82) is 0 Å². The zero-order valence-electron chi connectivity index (χ0n) is 19.6. The van der Waals surface area contributed by atoms with Gasteiger partial charge < -0.3 is 0 Å². The topological polar surface area (TPSA) is 0 Å². The third-order valence-electron chi connectivity index (χ3n) is 5.86. The van der Waals surface area contributed by atoms with Gasteiger partial charge in [-0.1, -0.05) is 82.5 Å². The van der Waals surface area contributed by atoms with Crippen LogP contribution >= 0.6 is 0 Å². The Morgan fingerprint density at radius 3 is 0.935 bits per heavy atom. The number of rotatable bonds is 2. The van der Waals surface area contributed by atoms with Gasteiger partial charge in [-0.15, -0.1) is 24.3 Å². The van der Waals surface area contributed by atoms with Gasteiger partial charge in [0.25, 0.3) is 0 Å². The molecule has 4 rings (SSSR count). The molecule has 0 saturated carbocycles. The van der Waals surface area contributed by atoms with E-state index in [0.717, 1.165) is 0 Å². The van der Waals surface area contributed by atoms with Crippen molar-refractivity contribution in [3.63, 3.8) is 0 Å². The zero-order valence-corrected chi connectivity index (χ0v) is 20.7. The van der Waals surface area contributed by atoms with Gasteiger partial charge in [-0.3, -0.25) is 23.8 Å². The molecule has 2 heterocycles. The fraction of sp³-hybridized carbons (Fsp3) is 0.214. The summed E-state index contributed by atoms with van der Waals surface area (Å²) in [6.45, 7) is 13.1. The molecule has 0 bridgehead atoms. The summed E-state index contributed by atoms with van der Waals surface area (Å²) in [5.74, 6) is 9.02. The molecule has 0 amide bonds. The molecule has 2 aromatic heterocycles. The maximum absolute atomic E-state index is 2.27. The van der Waals surface area contributed by atoms with Crippen molar-refractivity contribution in [1.82, 2.24) is 0 Å². The van der Waals surface area contributed by atoms with Gasteiger partial charge in [-0.2, -0.15) is 0 Å². The number of hydrogen-bond acceptors (Lipinski definition) is 0. The SMILES string of the molecule is Cc1cc(C)c(-[b-]2ccccc2)c(C)c1.Cc1cc(C)c(-[b-]2ccccc2)c(C)c1.[Fe+2]. The van der Waals surface area contributed by atoms with E-state index in [1.165, 1.54) is 44.3 Å². The maximum Gasteiger partial charge on any atom is 2.00 e. The first kappa shape index (κ1) is 25.1. The Balaban J connectivity index is 0.000000213. The Morgan fingerprint density at radius 1 is 0.419 bits per heavy atom. The summed E-state index contributed by atoms with van der Waals surface area (Å²) in [4.78, 5) is 0. The zero-order chi connectivity index (χ0) is 21.7. The fourth-order valence-corrected chi connectivity index (χ4v) is 4.81. The molecule has 0 aliphatic carbocycles. The van der Waals surface area contributed by atoms with Gasteiger partial charge in [0.2, 0.25) is 0 Å². The van der Waals surface area contributed by atoms with Crippen LogP contribution in [0.1, 0.15) is 33.4 Å². The average molecular weight is 446 g/mol. The predicted octanol–water partition coefficient (Wildman–Crippen LogP) is 7.25. The van der Waals surface area contributed by atoms with Gasteiger partial charge in [0.05, 0.1) is 0 Å². The first-order valence-electron chi connectivity index (χ1n) is 10.9. The van der Waals surface area contributed by atoms with E-state index < -0.39 is 0 Å². The van der Waals surface area contributed by atoms with Crippen LogP contribution in [-0.4, -0.2) is 12.7 Å². The third-order valence-corrected chi connectivity index (χ3v) is 5.86. The summed E-state index contributed by atoms with van der Waals surface area (Å²) >= 11 is 0. The molecular formula is C28H32B2Fe. The summed E-state index contributed by atoms with van der Waals surface area (Å²) in [6.07, 6.45) is 0.909. The summed E-state index contributed by atoms with van der Waals surface area (Å²) in [5.41, 5.74) is 11.2. The van der Waals surface area contributed by atoms with Crippen LogP contribution in [-0.2, 0) is 17.1 Å². The van der Waals surface area contributed by atoms with E-state index in [-0.39, 0.29) is 17.1 Å². The summed E-state index contributed by atoms with van der Waals surface area (Å²) < 4.78 is 0. The van der Waals surface area contributed by atoms with E-state index in [4.69, 9.17) is 0 Å². The fourth-order valence-electron chi connectivity index (χ4n) is 4.81. The Kier molecular flexibility index (Phi) is 9.23. The Morgan fingerprint density at radius 2 is 0.677 bits per heavy atom. The molecule has 158 valence electrons. The first-order chi connectivity index (χ1) is 14.4. The Hall–Kier alpha value is -2.21. The molecule has 0 fully saturated rings.